The molecule has 0 saturated carbocycles. The summed E-state index contributed by atoms with van der Waals surface area (Å²) in [7, 11) is 0. The largest absolute Gasteiger partial charge is 1.00 e. The first kappa shape index (κ1) is 38.5. The van der Waals surface area contributed by atoms with Crippen LogP contribution in [0.4, 0.5) is 0 Å². The van der Waals surface area contributed by atoms with Gasteiger partial charge in [-0.3, -0.25) is 0 Å². The Hall–Kier alpha value is -2.31. The van der Waals surface area contributed by atoms with Crippen LogP contribution in [0.15, 0.2) is 97.1 Å². The van der Waals surface area contributed by atoms with Crippen LogP contribution < -0.4 is 24.8 Å². The second kappa shape index (κ2) is 14.9. The van der Waals surface area contributed by atoms with Gasteiger partial charge in [0.15, 0.2) is 0 Å². The van der Waals surface area contributed by atoms with E-state index in [1.807, 2.05) is 0 Å². The summed E-state index contributed by atoms with van der Waals surface area (Å²) in [5.41, 5.74) is 18.5. The van der Waals surface area contributed by atoms with Gasteiger partial charge in [0, 0.05) is 0 Å². The predicted octanol–water partition coefficient (Wildman–Crippen LogP) is 6.30. The summed E-state index contributed by atoms with van der Waals surface area (Å²) in [5, 5.41) is 0. The van der Waals surface area contributed by atoms with E-state index in [4.69, 9.17) is 0 Å². The molecule has 0 radical (unpaired) electrons. The van der Waals surface area contributed by atoms with Crippen molar-refractivity contribution in [1.82, 2.24) is 0 Å². The van der Waals surface area contributed by atoms with Crippen molar-refractivity contribution in [1.29, 1.82) is 0 Å². The molecular weight excluding hydrogens is 703 g/mol. The molecule has 0 bridgehead atoms. The van der Waals surface area contributed by atoms with Crippen molar-refractivity contribution in [3.63, 3.8) is 0 Å². The second-order valence-electron chi connectivity index (χ2n) is 16.0. The average molecular weight is 754 g/mol. The molecule has 6 rings (SSSR count). The van der Waals surface area contributed by atoms with E-state index in [0.717, 1.165) is 6.42 Å². The maximum atomic E-state index is 2.62. The summed E-state index contributed by atoms with van der Waals surface area (Å²) in [6.45, 7) is 24.2. The van der Waals surface area contributed by atoms with Gasteiger partial charge < -0.3 is 24.8 Å². The Kier molecular flexibility index (Phi) is 11.9. The fraction of sp³-hybridized carbons (Fsp3) is 0.356. The first-order chi connectivity index (χ1) is 21.8. The molecule has 1 unspecified atom stereocenters. The van der Waals surface area contributed by atoms with Crippen molar-refractivity contribution in [3.8, 4) is 11.1 Å². The van der Waals surface area contributed by atoms with Gasteiger partial charge in [-0.1, -0.05) is 0 Å². The van der Waals surface area contributed by atoms with E-state index in [2.05, 4.69) is 166 Å². The maximum Gasteiger partial charge on any atom is -1.00 e. The van der Waals surface area contributed by atoms with Crippen molar-refractivity contribution in [2.45, 2.75) is 102 Å². The number of hydrogen-bond donors (Lipinski definition) is 0. The van der Waals surface area contributed by atoms with Crippen LogP contribution in [0, 0.1) is 0 Å². The SMILES string of the molecule is CC(C)c1c2c(c(C3=CC=CC3)c(C(C)(C)C)c1C(C)C)[CH]([Zr+2]=[C](c1ccccc1)c1ccccc1)c1cc(C(C)(C)C)ccc1-2.[Cl-].[Cl-]. The fourth-order valence-corrected chi connectivity index (χ4v) is 12.2. The molecule has 0 saturated heterocycles. The minimum absolute atomic E-state index is 0. The van der Waals surface area contributed by atoms with E-state index >= 15 is 0 Å². The Balaban J connectivity index is 0.00000260. The average Bonchev–Trinajstić information content (AvgIpc) is 3.65. The van der Waals surface area contributed by atoms with Crippen molar-refractivity contribution in [2.24, 2.45) is 0 Å². The maximum absolute atomic E-state index is 2.62. The Labute approximate surface area is 314 Å². The predicted molar refractivity (Wildman–Crippen MR) is 197 cm³/mol. The zero-order chi connectivity index (χ0) is 33.0. The summed E-state index contributed by atoms with van der Waals surface area (Å²) < 4.78 is 2.01. The Morgan fingerprint density at radius 1 is 0.688 bits per heavy atom. The number of allylic oxidation sites excluding steroid dienone is 4. The first-order valence-corrected chi connectivity index (χ1v) is 19.9. The van der Waals surface area contributed by atoms with Gasteiger partial charge in [-0.25, -0.2) is 0 Å². The quantitative estimate of drug-likeness (QED) is 0.217. The molecule has 249 valence electrons. The van der Waals surface area contributed by atoms with E-state index in [0.29, 0.717) is 15.5 Å². The monoisotopic (exact) mass is 751 g/mol. The number of rotatable bonds is 6. The van der Waals surface area contributed by atoms with Gasteiger partial charge in [-0.15, -0.1) is 0 Å². The molecule has 0 N–H and O–H groups in total. The Bertz CT molecular complexity index is 1820. The third-order valence-electron chi connectivity index (χ3n) is 9.81. The number of benzene rings is 4. The van der Waals surface area contributed by atoms with Gasteiger partial charge in [-0.05, 0) is 0 Å². The van der Waals surface area contributed by atoms with Crippen LogP contribution in [0.1, 0.15) is 141 Å². The van der Waals surface area contributed by atoms with Gasteiger partial charge in [0.1, 0.15) is 0 Å². The van der Waals surface area contributed by atoms with E-state index in [-0.39, 0.29) is 35.6 Å². The van der Waals surface area contributed by atoms with Gasteiger partial charge in [-0.2, -0.15) is 0 Å². The van der Waals surface area contributed by atoms with Gasteiger partial charge in [0.25, 0.3) is 0 Å². The van der Waals surface area contributed by atoms with Gasteiger partial charge >= 0.3 is 292 Å². The summed E-state index contributed by atoms with van der Waals surface area (Å²) in [5.74, 6) is 0.876. The molecular formula is C45H51Cl2Zr. The summed E-state index contributed by atoms with van der Waals surface area (Å²) in [4.78, 5) is 0. The van der Waals surface area contributed by atoms with Crippen LogP contribution >= 0.6 is 0 Å². The molecule has 0 aliphatic heterocycles. The van der Waals surface area contributed by atoms with Crippen LogP contribution in [0.25, 0.3) is 16.7 Å². The van der Waals surface area contributed by atoms with Crippen molar-refractivity contribution in [2.75, 3.05) is 0 Å². The molecule has 0 amide bonds. The molecule has 0 fully saturated rings. The minimum atomic E-state index is -1.30. The van der Waals surface area contributed by atoms with Crippen LogP contribution in [0.3, 0.4) is 0 Å². The fourth-order valence-electron chi connectivity index (χ4n) is 7.82. The summed E-state index contributed by atoms with van der Waals surface area (Å²) >= 11 is -1.30. The van der Waals surface area contributed by atoms with Crippen LogP contribution in [-0.4, -0.2) is 3.21 Å². The molecule has 48 heavy (non-hydrogen) atoms. The van der Waals surface area contributed by atoms with Crippen LogP contribution in [-0.2, 0) is 33.6 Å². The van der Waals surface area contributed by atoms with Gasteiger partial charge in [0.2, 0.25) is 0 Å². The van der Waals surface area contributed by atoms with Crippen LogP contribution in [0.5, 0.6) is 0 Å². The van der Waals surface area contributed by atoms with Gasteiger partial charge in [0.05, 0.1) is 0 Å². The molecule has 2 aliphatic carbocycles. The van der Waals surface area contributed by atoms with E-state index in [1.165, 1.54) is 27.8 Å². The zero-order valence-corrected chi connectivity index (χ0v) is 34.4. The molecule has 2 aliphatic rings. The summed E-state index contributed by atoms with van der Waals surface area (Å²) in [6.07, 6.45) is 8.10. The molecule has 0 aromatic heterocycles. The van der Waals surface area contributed by atoms with E-state index < -0.39 is 22.8 Å². The molecule has 0 heterocycles. The molecule has 4 aromatic rings. The number of fused-ring (bicyclic) bond motifs is 3. The minimum Gasteiger partial charge on any atom is -1.00 e. The molecule has 0 spiro atoms. The third-order valence-corrected chi connectivity index (χ3v) is 14.1. The van der Waals surface area contributed by atoms with Crippen molar-refractivity contribution < 1.29 is 47.6 Å². The Morgan fingerprint density at radius 3 is 1.71 bits per heavy atom. The Morgan fingerprint density at radius 2 is 1.25 bits per heavy atom. The van der Waals surface area contributed by atoms with Crippen molar-refractivity contribution >= 4 is 8.78 Å². The molecule has 4 aromatic carbocycles. The second-order valence-corrected chi connectivity index (χ2v) is 19.3. The number of hydrogen-bond acceptors (Lipinski definition) is 0. The summed E-state index contributed by atoms with van der Waals surface area (Å²) in [6, 6.07) is 30.1. The third kappa shape index (κ3) is 7.13. The molecule has 3 heteroatoms. The first-order valence-electron chi connectivity index (χ1n) is 17.3. The van der Waals surface area contributed by atoms with E-state index in [1.54, 1.807) is 42.2 Å². The normalized spacial score (nSPS) is 15.0. The van der Waals surface area contributed by atoms with Crippen LogP contribution in [0.2, 0.25) is 0 Å². The standard InChI is InChI=1S/C32H41.C13H10.2ClH.Zr/c1-19(2)26-27(20(3)4)30(32(8,9)10)28(21-13-11-12-14-21)25-18-22-17-23(31(5,6)7)15-16-24(22)29(25)26;1-3-7-12(8-4-1)11-13-9-5-2-6-10-13;;;/h11-13,15-20H,14H2,1-10H3;1-10H;2*1H;/q;;;;+2/p-2. The molecule has 1 atom stereocenters. The smallest absolute Gasteiger partial charge is 1.00 e. The van der Waals surface area contributed by atoms with E-state index in [9.17, 15) is 0 Å². The molecule has 0 nitrogen and oxygen atoms in total. The topological polar surface area (TPSA) is 0 Å². The zero-order valence-electron chi connectivity index (χ0n) is 30.4. The van der Waals surface area contributed by atoms with Crippen molar-refractivity contribution in [3.05, 3.63) is 147 Å². The number of halogens is 2.